The highest BCUT2D eigenvalue weighted by atomic mass is 16.2. The average Bonchev–Trinajstić information content (AvgIpc) is 2.60. The van der Waals surface area contributed by atoms with Gasteiger partial charge in [0.1, 0.15) is 11.5 Å². The van der Waals surface area contributed by atoms with Gasteiger partial charge in [0, 0.05) is 40.2 Å². The Morgan fingerprint density at radius 2 is 2.22 bits per heavy atom. The zero-order valence-corrected chi connectivity index (χ0v) is 14.2. The third kappa shape index (κ3) is 4.43. The number of likely N-dealkylation sites (tertiary alicyclic amines) is 1. The Bertz CT molecular complexity index is 561. The maximum atomic E-state index is 12.6. The van der Waals surface area contributed by atoms with Crippen molar-refractivity contribution in [3.05, 3.63) is 23.9 Å². The van der Waals surface area contributed by atoms with E-state index in [1.807, 2.05) is 31.0 Å². The molecular weight excluding hydrogens is 292 g/mol. The molecule has 23 heavy (non-hydrogen) atoms. The van der Waals surface area contributed by atoms with Gasteiger partial charge in [-0.2, -0.15) is 0 Å². The largest absolute Gasteiger partial charge is 0.373 e. The quantitative estimate of drug-likeness (QED) is 0.900. The van der Waals surface area contributed by atoms with Crippen LogP contribution in [0.15, 0.2) is 18.2 Å². The predicted octanol–water partition coefficient (Wildman–Crippen LogP) is 1.84. The van der Waals surface area contributed by atoms with Crippen LogP contribution in [-0.4, -0.2) is 60.3 Å². The molecule has 1 fully saturated rings. The molecule has 0 aromatic carbocycles. The third-order valence-corrected chi connectivity index (χ3v) is 4.29. The second-order valence-electron chi connectivity index (χ2n) is 6.05. The number of amides is 2. The highest BCUT2D eigenvalue weighted by molar-refractivity contribution is 5.92. The van der Waals surface area contributed by atoms with Gasteiger partial charge in [0.25, 0.3) is 5.91 Å². The fourth-order valence-corrected chi connectivity index (χ4v) is 3.01. The summed E-state index contributed by atoms with van der Waals surface area (Å²) in [5.74, 6) is 1.14. The van der Waals surface area contributed by atoms with E-state index in [1.54, 1.807) is 18.0 Å². The summed E-state index contributed by atoms with van der Waals surface area (Å²) in [6, 6.07) is 5.42. The maximum absolute atomic E-state index is 12.6. The lowest BCUT2D eigenvalue weighted by atomic mass is 9.97. The molecule has 0 spiro atoms. The molecule has 0 bridgehead atoms. The Hall–Kier alpha value is -2.11. The molecule has 126 valence electrons. The van der Waals surface area contributed by atoms with Crippen LogP contribution in [0.1, 0.15) is 36.7 Å². The van der Waals surface area contributed by atoms with Gasteiger partial charge in [0.15, 0.2) is 0 Å². The Kier molecular flexibility index (Phi) is 5.96. The zero-order valence-electron chi connectivity index (χ0n) is 14.2. The number of anilines is 1. The van der Waals surface area contributed by atoms with E-state index in [1.165, 1.54) is 0 Å². The van der Waals surface area contributed by atoms with Crippen LogP contribution in [0.25, 0.3) is 0 Å². The first kappa shape index (κ1) is 17.2. The van der Waals surface area contributed by atoms with Crippen molar-refractivity contribution in [1.29, 1.82) is 0 Å². The number of hydrogen-bond donors (Lipinski definition) is 1. The molecular formula is C17H26N4O2. The summed E-state index contributed by atoms with van der Waals surface area (Å²) in [5, 5.41) is 2.95. The molecule has 0 radical (unpaired) electrons. The Balaban J connectivity index is 1.99. The van der Waals surface area contributed by atoms with E-state index in [4.69, 9.17) is 0 Å². The normalized spacial score (nSPS) is 17.7. The lowest BCUT2D eigenvalue weighted by Gasteiger charge is -2.34. The summed E-state index contributed by atoms with van der Waals surface area (Å²) in [4.78, 5) is 32.3. The lowest BCUT2D eigenvalue weighted by molar-refractivity contribution is -0.130. The summed E-state index contributed by atoms with van der Waals surface area (Å²) in [5.41, 5.74) is 0.468. The summed E-state index contributed by atoms with van der Waals surface area (Å²) in [6.07, 6.45) is 2.54. The molecule has 2 rings (SSSR count). The summed E-state index contributed by atoms with van der Waals surface area (Å²) < 4.78 is 0. The van der Waals surface area contributed by atoms with E-state index in [0.29, 0.717) is 36.9 Å². The van der Waals surface area contributed by atoms with Crippen molar-refractivity contribution in [3.8, 4) is 0 Å². The van der Waals surface area contributed by atoms with E-state index >= 15 is 0 Å². The first-order chi connectivity index (χ1) is 11.0. The topological polar surface area (TPSA) is 65.5 Å². The van der Waals surface area contributed by atoms with Crippen LogP contribution < -0.4 is 5.32 Å². The number of carbonyl (C=O) groups excluding carboxylic acids is 2. The lowest BCUT2D eigenvalue weighted by Crippen LogP contribution is -2.44. The van der Waals surface area contributed by atoms with Gasteiger partial charge in [-0.25, -0.2) is 4.98 Å². The van der Waals surface area contributed by atoms with E-state index in [0.717, 1.165) is 19.4 Å². The van der Waals surface area contributed by atoms with E-state index in [-0.39, 0.29) is 11.8 Å². The minimum absolute atomic E-state index is 0.0312. The molecule has 6 heteroatoms. The predicted molar refractivity (Wildman–Crippen MR) is 90.3 cm³/mol. The number of rotatable bonds is 5. The monoisotopic (exact) mass is 318 g/mol. The molecule has 0 saturated carbocycles. The van der Waals surface area contributed by atoms with Gasteiger partial charge in [-0.1, -0.05) is 13.0 Å². The van der Waals surface area contributed by atoms with Crippen molar-refractivity contribution < 1.29 is 9.59 Å². The van der Waals surface area contributed by atoms with E-state index in [2.05, 4.69) is 10.3 Å². The smallest absolute Gasteiger partial charge is 0.272 e. The molecule has 1 saturated heterocycles. The number of aromatic nitrogens is 1. The van der Waals surface area contributed by atoms with Crippen LogP contribution in [0.3, 0.4) is 0 Å². The van der Waals surface area contributed by atoms with E-state index in [9.17, 15) is 9.59 Å². The Labute approximate surface area is 137 Å². The number of nitrogens with one attached hydrogen (secondary N) is 1. The number of carbonyl (C=O) groups is 2. The Morgan fingerprint density at radius 3 is 2.91 bits per heavy atom. The molecule has 1 aliphatic rings. The SMILES string of the molecule is CCC(=O)N(C)CC1CCCN(C(=O)c2cccc(NC)n2)C1. The fraction of sp³-hybridized carbons (Fsp3) is 0.588. The number of piperidine rings is 1. The van der Waals surface area contributed by atoms with Crippen molar-refractivity contribution in [2.24, 2.45) is 5.92 Å². The maximum Gasteiger partial charge on any atom is 0.272 e. The van der Waals surface area contributed by atoms with Crippen molar-refractivity contribution in [3.63, 3.8) is 0 Å². The van der Waals surface area contributed by atoms with Crippen LogP contribution in [0, 0.1) is 5.92 Å². The van der Waals surface area contributed by atoms with Crippen molar-refractivity contribution in [2.45, 2.75) is 26.2 Å². The van der Waals surface area contributed by atoms with E-state index < -0.39 is 0 Å². The molecule has 2 amide bonds. The summed E-state index contributed by atoms with van der Waals surface area (Å²) in [6.45, 7) is 4.02. The molecule has 1 aromatic rings. The molecule has 1 N–H and O–H groups in total. The minimum atomic E-state index is -0.0312. The molecule has 0 aliphatic carbocycles. The zero-order chi connectivity index (χ0) is 16.8. The Morgan fingerprint density at radius 1 is 1.43 bits per heavy atom. The van der Waals surface area contributed by atoms with Gasteiger partial charge in [0.2, 0.25) is 5.91 Å². The van der Waals surface area contributed by atoms with Crippen LogP contribution in [0.5, 0.6) is 0 Å². The second-order valence-corrected chi connectivity index (χ2v) is 6.05. The van der Waals surface area contributed by atoms with Crippen molar-refractivity contribution in [1.82, 2.24) is 14.8 Å². The van der Waals surface area contributed by atoms with Crippen LogP contribution in [-0.2, 0) is 4.79 Å². The van der Waals surface area contributed by atoms with Crippen LogP contribution in [0.4, 0.5) is 5.82 Å². The molecule has 1 aromatic heterocycles. The second kappa shape index (κ2) is 7.94. The number of pyridine rings is 1. The number of nitrogens with zero attached hydrogens (tertiary/aromatic N) is 3. The molecule has 2 heterocycles. The van der Waals surface area contributed by atoms with Crippen molar-refractivity contribution in [2.75, 3.05) is 39.0 Å². The first-order valence-electron chi connectivity index (χ1n) is 8.23. The highest BCUT2D eigenvalue weighted by Gasteiger charge is 2.26. The molecule has 1 aliphatic heterocycles. The average molecular weight is 318 g/mol. The highest BCUT2D eigenvalue weighted by Crippen LogP contribution is 2.19. The number of hydrogen-bond acceptors (Lipinski definition) is 4. The van der Waals surface area contributed by atoms with Crippen LogP contribution in [0.2, 0.25) is 0 Å². The molecule has 6 nitrogen and oxygen atoms in total. The molecule has 1 unspecified atom stereocenters. The van der Waals surface area contributed by atoms with Gasteiger partial charge >= 0.3 is 0 Å². The first-order valence-corrected chi connectivity index (χ1v) is 8.23. The van der Waals surface area contributed by atoms with Crippen molar-refractivity contribution >= 4 is 17.6 Å². The minimum Gasteiger partial charge on any atom is -0.373 e. The van der Waals surface area contributed by atoms with Gasteiger partial charge < -0.3 is 15.1 Å². The summed E-state index contributed by atoms with van der Waals surface area (Å²) >= 11 is 0. The van der Waals surface area contributed by atoms with Gasteiger partial charge in [0.05, 0.1) is 0 Å². The third-order valence-electron chi connectivity index (χ3n) is 4.29. The van der Waals surface area contributed by atoms with Crippen LogP contribution >= 0.6 is 0 Å². The van der Waals surface area contributed by atoms with Gasteiger partial charge in [-0.15, -0.1) is 0 Å². The standard InChI is InChI=1S/C17H26N4O2/c1-4-16(22)20(3)11-13-7-6-10-21(12-13)17(23)14-8-5-9-15(18-2)19-14/h5,8-9,13H,4,6-7,10-12H2,1-3H3,(H,18,19). The summed E-state index contributed by atoms with van der Waals surface area (Å²) in [7, 11) is 3.62. The van der Waals surface area contributed by atoms with Gasteiger partial charge in [-0.05, 0) is 30.9 Å². The molecule has 1 atom stereocenters. The van der Waals surface area contributed by atoms with Gasteiger partial charge in [-0.3, -0.25) is 9.59 Å². The fourth-order valence-electron chi connectivity index (χ4n) is 3.01.